The number of sulfonamides is 1. The summed E-state index contributed by atoms with van der Waals surface area (Å²) >= 11 is 0. The van der Waals surface area contributed by atoms with E-state index in [4.69, 9.17) is 10.5 Å². The zero-order valence-corrected chi connectivity index (χ0v) is 13.3. The lowest BCUT2D eigenvalue weighted by atomic mass is 10.0. The first kappa shape index (κ1) is 16.1. The van der Waals surface area contributed by atoms with Gasteiger partial charge in [0, 0.05) is 18.7 Å². The van der Waals surface area contributed by atoms with Crippen LogP contribution in [0.15, 0.2) is 23.1 Å². The summed E-state index contributed by atoms with van der Waals surface area (Å²) in [4.78, 5) is 2.30. The first-order valence-corrected chi connectivity index (χ1v) is 8.56. The van der Waals surface area contributed by atoms with Crippen LogP contribution in [0.3, 0.4) is 0 Å². The van der Waals surface area contributed by atoms with E-state index in [-0.39, 0.29) is 16.6 Å². The molecule has 0 amide bonds. The molecule has 7 heteroatoms. The van der Waals surface area contributed by atoms with Crippen molar-refractivity contribution in [2.24, 2.45) is 0 Å². The maximum Gasteiger partial charge on any atom is 0.242 e. The number of nitrogens with zero attached hydrogens (tertiary/aromatic N) is 1. The van der Waals surface area contributed by atoms with E-state index in [1.54, 1.807) is 6.07 Å². The summed E-state index contributed by atoms with van der Waals surface area (Å²) in [7, 11) is -0.0543. The fourth-order valence-corrected chi connectivity index (χ4v) is 3.77. The van der Waals surface area contributed by atoms with Crippen LogP contribution in [0.25, 0.3) is 0 Å². The number of hydrogen-bond donors (Lipinski definition) is 2. The molecule has 1 aromatic rings. The highest BCUT2D eigenvalue weighted by molar-refractivity contribution is 7.89. The molecule has 1 unspecified atom stereocenters. The molecule has 0 saturated carbocycles. The molecule has 0 bridgehead atoms. The molecule has 1 aliphatic rings. The van der Waals surface area contributed by atoms with Gasteiger partial charge in [-0.05, 0) is 38.6 Å². The van der Waals surface area contributed by atoms with Gasteiger partial charge in [0.15, 0.2) is 0 Å². The highest BCUT2D eigenvalue weighted by Crippen LogP contribution is 2.24. The van der Waals surface area contributed by atoms with Crippen molar-refractivity contribution >= 4 is 15.7 Å². The zero-order valence-electron chi connectivity index (χ0n) is 12.5. The first-order chi connectivity index (χ1) is 9.94. The standard InChI is InChI=1S/C14H23N3O3S/c1-17-8-4-3-5-11(17)10-16-21(18,19)14-7-6-12(20-2)9-13(14)15/h6-7,9,11,16H,3-5,8,10,15H2,1-2H3. The molecule has 2 rings (SSSR count). The average molecular weight is 313 g/mol. The molecular formula is C14H23N3O3S. The number of methoxy groups -OCH3 is 1. The summed E-state index contributed by atoms with van der Waals surface area (Å²) in [5.41, 5.74) is 6.00. The Hall–Kier alpha value is -1.31. The average Bonchev–Trinajstić information content (AvgIpc) is 2.46. The van der Waals surface area contributed by atoms with Gasteiger partial charge in [0.2, 0.25) is 10.0 Å². The summed E-state index contributed by atoms with van der Waals surface area (Å²) in [5, 5.41) is 0. The Balaban J connectivity index is 2.07. The number of anilines is 1. The second-order valence-corrected chi connectivity index (χ2v) is 7.12. The summed E-state index contributed by atoms with van der Waals surface area (Å²) in [6.45, 7) is 1.42. The molecule has 0 radical (unpaired) electrons. The van der Waals surface area contributed by atoms with Gasteiger partial charge in [-0.2, -0.15) is 0 Å². The number of benzene rings is 1. The first-order valence-electron chi connectivity index (χ1n) is 7.07. The molecule has 1 saturated heterocycles. The van der Waals surface area contributed by atoms with Crippen LogP contribution in [0.4, 0.5) is 5.69 Å². The summed E-state index contributed by atoms with van der Waals surface area (Å²) in [6.07, 6.45) is 3.32. The maximum atomic E-state index is 12.4. The second kappa shape index (κ2) is 6.64. The molecule has 6 nitrogen and oxygen atoms in total. The van der Waals surface area contributed by atoms with E-state index in [0.717, 1.165) is 19.4 Å². The Bertz CT molecular complexity index is 589. The molecule has 0 spiro atoms. The monoisotopic (exact) mass is 313 g/mol. The van der Waals surface area contributed by atoms with E-state index in [1.807, 2.05) is 7.05 Å². The summed E-state index contributed by atoms with van der Waals surface area (Å²) in [5.74, 6) is 0.540. The number of piperidine rings is 1. The molecule has 1 atom stereocenters. The van der Waals surface area contributed by atoms with Crippen molar-refractivity contribution in [3.05, 3.63) is 18.2 Å². The van der Waals surface area contributed by atoms with Crippen LogP contribution >= 0.6 is 0 Å². The number of nitrogens with two attached hydrogens (primary N) is 1. The molecule has 118 valence electrons. The van der Waals surface area contributed by atoms with Gasteiger partial charge in [-0.25, -0.2) is 13.1 Å². The molecule has 21 heavy (non-hydrogen) atoms. The molecule has 0 aliphatic carbocycles. The molecular weight excluding hydrogens is 290 g/mol. The van der Waals surface area contributed by atoms with Crippen molar-refractivity contribution in [2.45, 2.75) is 30.2 Å². The Morgan fingerprint density at radius 3 is 2.81 bits per heavy atom. The third-order valence-corrected chi connectivity index (χ3v) is 5.43. The third kappa shape index (κ3) is 3.87. The van der Waals surface area contributed by atoms with Crippen LogP contribution in [-0.4, -0.2) is 46.6 Å². The predicted octanol–water partition coefficient (Wildman–Crippen LogP) is 1.04. The van der Waals surface area contributed by atoms with Gasteiger partial charge in [0.05, 0.1) is 12.8 Å². The molecule has 1 aliphatic heterocycles. The van der Waals surface area contributed by atoms with Crippen LogP contribution in [0, 0.1) is 0 Å². The lowest BCUT2D eigenvalue weighted by molar-refractivity contribution is 0.187. The van der Waals surface area contributed by atoms with Crippen LogP contribution in [0.1, 0.15) is 19.3 Å². The van der Waals surface area contributed by atoms with E-state index in [0.29, 0.717) is 12.3 Å². The number of nitrogens with one attached hydrogen (secondary N) is 1. The van der Waals surface area contributed by atoms with Gasteiger partial charge in [-0.3, -0.25) is 0 Å². The van der Waals surface area contributed by atoms with Crippen LogP contribution in [-0.2, 0) is 10.0 Å². The zero-order chi connectivity index (χ0) is 15.5. The Kier molecular flexibility index (Phi) is 5.08. The number of likely N-dealkylation sites (tertiary alicyclic amines) is 1. The number of hydrogen-bond acceptors (Lipinski definition) is 5. The van der Waals surface area contributed by atoms with Gasteiger partial charge in [0.25, 0.3) is 0 Å². The molecule has 0 aromatic heterocycles. The Morgan fingerprint density at radius 2 is 2.19 bits per heavy atom. The quantitative estimate of drug-likeness (QED) is 0.794. The largest absolute Gasteiger partial charge is 0.497 e. The van der Waals surface area contributed by atoms with Gasteiger partial charge < -0.3 is 15.4 Å². The van der Waals surface area contributed by atoms with Gasteiger partial charge >= 0.3 is 0 Å². The van der Waals surface area contributed by atoms with Crippen molar-refractivity contribution in [3.63, 3.8) is 0 Å². The molecule has 1 fully saturated rings. The van der Waals surface area contributed by atoms with Gasteiger partial charge in [0.1, 0.15) is 10.6 Å². The maximum absolute atomic E-state index is 12.4. The fraction of sp³-hybridized carbons (Fsp3) is 0.571. The summed E-state index contributed by atoms with van der Waals surface area (Å²) in [6, 6.07) is 4.83. The smallest absolute Gasteiger partial charge is 0.242 e. The highest BCUT2D eigenvalue weighted by Gasteiger charge is 2.23. The lowest BCUT2D eigenvalue weighted by Crippen LogP contribution is -2.44. The van der Waals surface area contributed by atoms with E-state index in [1.165, 1.54) is 25.7 Å². The minimum absolute atomic E-state index is 0.0989. The lowest BCUT2D eigenvalue weighted by Gasteiger charge is -2.32. The number of nitrogen functional groups attached to an aromatic ring is 1. The summed E-state index contributed by atoms with van der Waals surface area (Å²) < 4.78 is 32.4. The van der Waals surface area contributed by atoms with Crippen molar-refractivity contribution in [2.75, 3.05) is 33.0 Å². The second-order valence-electron chi connectivity index (χ2n) is 5.39. The number of ether oxygens (including phenoxy) is 1. The van der Waals surface area contributed by atoms with Crippen LogP contribution in [0.2, 0.25) is 0 Å². The highest BCUT2D eigenvalue weighted by atomic mass is 32.2. The Labute approximate surface area is 126 Å². The normalized spacial score (nSPS) is 20.4. The molecule has 1 heterocycles. The van der Waals surface area contributed by atoms with E-state index < -0.39 is 10.0 Å². The van der Waals surface area contributed by atoms with Crippen molar-refractivity contribution < 1.29 is 13.2 Å². The topological polar surface area (TPSA) is 84.7 Å². The Morgan fingerprint density at radius 1 is 1.43 bits per heavy atom. The van der Waals surface area contributed by atoms with Crippen molar-refractivity contribution in [1.29, 1.82) is 0 Å². The SMILES string of the molecule is COc1ccc(S(=O)(=O)NCC2CCCCN2C)c(N)c1. The molecule has 3 N–H and O–H groups in total. The minimum atomic E-state index is -3.60. The van der Waals surface area contributed by atoms with E-state index >= 15 is 0 Å². The molecule has 1 aromatic carbocycles. The number of likely N-dealkylation sites (N-methyl/N-ethyl adjacent to an activating group) is 1. The van der Waals surface area contributed by atoms with Gasteiger partial charge in [-0.15, -0.1) is 0 Å². The van der Waals surface area contributed by atoms with E-state index in [9.17, 15) is 8.42 Å². The fourth-order valence-electron chi connectivity index (χ4n) is 2.58. The van der Waals surface area contributed by atoms with E-state index in [2.05, 4.69) is 9.62 Å². The van der Waals surface area contributed by atoms with Crippen LogP contribution in [0.5, 0.6) is 5.75 Å². The van der Waals surface area contributed by atoms with Gasteiger partial charge in [-0.1, -0.05) is 6.42 Å². The van der Waals surface area contributed by atoms with Crippen molar-refractivity contribution in [1.82, 2.24) is 9.62 Å². The number of rotatable bonds is 5. The van der Waals surface area contributed by atoms with Crippen LogP contribution < -0.4 is 15.2 Å². The minimum Gasteiger partial charge on any atom is -0.497 e. The predicted molar refractivity (Wildman–Crippen MR) is 82.9 cm³/mol. The third-order valence-electron chi connectivity index (χ3n) is 3.94. The van der Waals surface area contributed by atoms with Crippen molar-refractivity contribution in [3.8, 4) is 5.75 Å².